The Labute approximate surface area is 145 Å². The van der Waals surface area contributed by atoms with Gasteiger partial charge in [0.25, 0.3) is 0 Å². The Balaban J connectivity index is 1.93. The second-order valence-corrected chi connectivity index (χ2v) is 6.93. The van der Waals surface area contributed by atoms with E-state index in [1.165, 1.54) is 15.6 Å². The van der Waals surface area contributed by atoms with E-state index in [2.05, 4.69) is 76.2 Å². The maximum absolute atomic E-state index is 5.35. The average molecular weight is 408 g/mol. The maximum Gasteiger partial charge on any atom is 0.0795 e. The Morgan fingerprint density at radius 3 is 2.86 bits per heavy atom. The van der Waals surface area contributed by atoms with Gasteiger partial charge in [0.15, 0.2) is 0 Å². The highest BCUT2D eigenvalue weighted by Gasteiger charge is 2.27. The number of hydrogen-bond acceptors (Lipinski definition) is 3. The van der Waals surface area contributed by atoms with Crippen molar-refractivity contribution >= 4 is 28.3 Å². The second-order valence-electron chi connectivity index (χ2n) is 5.68. The summed E-state index contributed by atoms with van der Waals surface area (Å²) in [6.07, 6.45) is 8.87. The van der Waals surface area contributed by atoms with Crippen LogP contribution in [0.1, 0.15) is 18.4 Å². The Hall–Kier alpha value is -1.14. The zero-order valence-corrected chi connectivity index (χ0v) is 14.9. The first kappa shape index (κ1) is 15.7. The predicted molar refractivity (Wildman–Crippen MR) is 99.3 cm³/mol. The Morgan fingerprint density at radius 1 is 1.36 bits per heavy atom. The highest BCUT2D eigenvalue weighted by atomic mass is 127. The van der Waals surface area contributed by atoms with Crippen LogP contribution in [0.3, 0.4) is 0 Å². The molecule has 22 heavy (non-hydrogen) atoms. The summed E-state index contributed by atoms with van der Waals surface area (Å²) in [4.78, 5) is 0. The molecule has 1 aromatic rings. The lowest BCUT2D eigenvalue weighted by Gasteiger charge is -2.24. The van der Waals surface area contributed by atoms with E-state index in [-0.39, 0.29) is 5.92 Å². The Bertz CT molecular complexity index is 594. The van der Waals surface area contributed by atoms with Crippen LogP contribution in [-0.2, 0) is 4.74 Å². The van der Waals surface area contributed by atoms with E-state index < -0.39 is 0 Å². The van der Waals surface area contributed by atoms with Crippen molar-refractivity contribution in [3.63, 3.8) is 0 Å². The van der Waals surface area contributed by atoms with Gasteiger partial charge in [0, 0.05) is 17.2 Å². The zero-order valence-electron chi connectivity index (χ0n) is 12.8. The maximum atomic E-state index is 5.35. The molecule has 0 N–H and O–H groups in total. The molecular formula is C18H21IN2O. The lowest BCUT2D eigenvalue weighted by Crippen LogP contribution is -2.31. The number of rotatable bonds is 5. The summed E-state index contributed by atoms with van der Waals surface area (Å²) < 4.78 is 6.67. The molecule has 0 spiro atoms. The van der Waals surface area contributed by atoms with Crippen LogP contribution in [0.5, 0.6) is 0 Å². The van der Waals surface area contributed by atoms with E-state index in [1.807, 2.05) is 0 Å². The topological polar surface area (TPSA) is 24.8 Å². The normalized spacial score (nSPS) is 24.9. The highest BCUT2D eigenvalue weighted by molar-refractivity contribution is 14.1. The molecule has 4 heteroatoms. The number of hydrazone groups is 1. The van der Waals surface area contributed by atoms with Crippen molar-refractivity contribution in [2.75, 3.05) is 20.3 Å². The number of benzene rings is 1. The van der Waals surface area contributed by atoms with Crippen molar-refractivity contribution in [3.05, 3.63) is 57.7 Å². The summed E-state index contributed by atoms with van der Waals surface area (Å²) in [5.74, 6) is 0.270. The van der Waals surface area contributed by atoms with E-state index in [1.54, 1.807) is 7.11 Å². The molecule has 1 aliphatic carbocycles. The van der Waals surface area contributed by atoms with Crippen molar-refractivity contribution in [1.82, 2.24) is 5.01 Å². The van der Waals surface area contributed by atoms with Gasteiger partial charge in [-0.3, -0.25) is 5.01 Å². The summed E-state index contributed by atoms with van der Waals surface area (Å²) in [5, 5.41) is 7.28. The Kier molecular flexibility index (Phi) is 5.31. The van der Waals surface area contributed by atoms with E-state index in [0.29, 0.717) is 6.04 Å². The quantitative estimate of drug-likeness (QED) is 0.544. The van der Waals surface area contributed by atoms with Crippen LogP contribution in [0.2, 0.25) is 0 Å². The third kappa shape index (κ3) is 3.43. The number of hydrogen-bond donors (Lipinski definition) is 0. The van der Waals surface area contributed by atoms with Gasteiger partial charge in [-0.15, -0.1) is 0 Å². The molecule has 0 bridgehead atoms. The Morgan fingerprint density at radius 2 is 2.18 bits per heavy atom. The summed E-state index contributed by atoms with van der Waals surface area (Å²) in [6.45, 7) is 1.76. The van der Waals surface area contributed by atoms with Crippen LogP contribution in [0.4, 0.5) is 0 Å². The molecule has 0 aromatic heterocycles. The fourth-order valence-corrected chi connectivity index (χ4v) is 3.75. The first-order valence-electron chi connectivity index (χ1n) is 7.73. The zero-order chi connectivity index (χ0) is 15.4. The smallest absolute Gasteiger partial charge is 0.0795 e. The predicted octanol–water partition coefficient (Wildman–Crippen LogP) is 4.01. The standard InChI is InChI=1S/C18H21IN2O/c1-22-13-15-9-6-12-21(15)20-18(14-7-3-2-4-8-14)16-10-5-11-17(16)19/h2-5,7-8,10-11,15-16H,6,9,12-13H2,1H3/b20-18+/t15-,16?/m0/s1. The first-order chi connectivity index (χ1) is 10.8. The summed E-state index contributed by atoms with van der Waals surface area (Å²) in [7, 11) is 1.77. The van der Waals surface area contributed by atoms with E-state index in [4.69, 9.17) is 9.84 Å². The minimum atomic E-state index is 0.270. The summed E-state index contributed by atoms with van der Waals surface area (Å²) in [5.41, 5.74) is 2.34. The molecule has 0 saturated carbocycles. The van der Waals surface area contributed by atoms with Crippen molar-refractivity contribution < 1.29 is 4.74 Å². The van der Waals surface area contributed by atoms with Crippen LogP contribution in [0.15, 0.2) is 57.2 Å². The molecular weight excluding hydrogens is 387 g/mol. The molecule has 2 aliphatic rings. The summed E-state index contributed by atoms with van der Waals surface area (Å²) in [6, 6.07) is 10.9. The van der Waals surface area contributed by atoms with Crippen LogP contribution in [0.25, 0.3) is 0 Å². The lowest BCUT2D eigenvalue weighted by molar-refractivity contribution is 0.118. The molecule has 2 atom stereocenters. The van der Waals surface area contributed by atoms with E-state index >= 15 is 0 Å². The van der Waals surface area contributed by atoms with Gasteiger partial charge in [-0.25, -0.2) is 0 Å². The van der Waals surface area contributed by atoms with Crippen molar-refractivity contribution in [2.45, 2.75) is 18.9 Å². The molecule has 0 amide bonds. The third-order valence-electron chi connectivity index (χ3n) is 4.16. The number of halogens is 1. The van der Waals surface area contributed by atoms with Crippen LogP contribution in [0, 0.1) is 5.92 Å². The molecule has 1 unspecified atom stereocenters. The van der Waals surface area contributed by atoms with Crippen molar-refractivity contribution in [2.24, 2.45) is 11.0 Å². The molecule has 116 valence electrons. The van der Waals surface area contributed by atoms with Gasteiger partial charge in [-0.2, -0.15) is 5.10 Å². The minimum absolute atomic E-state index is 0.270. The molecule has 1 saturated heterocycles. The second kappa shape index (κ2) is 7.42. The van der Waals surface area contributed by atoms with E-state index in [9.17, 15) is 0 Å². The minimum Gasteiger partial charge on any atom is -0.382 e. The van der Waals surface area contributed by atoms with Gasteiger partial charge in [0.2, 0.25) is 0 Å². The molecule has 1 fully saturated rings. The molecule has 1 aromatic carbocycles. The van der Waals surface area contributed by atoms with Crippen LogP contribution >= 0.6 is 22.6 Å². The van der Waals surface area contributed by atoms with Gasteiger partial charge < -0.3 is 4.74 Å². The number of nitrogens with zero attached hydrogens (tertiary/aromatic N) is 2. The highest BCUT2D eigenvalue weighted by Crippen LogP contribution is 2.30. The molecule has 3 rings (SSSR count). The molecule has 0 radical (unpaired) electrons. The molecule has 1 aliphatic heterocycles. The monoisotopic (exact) mass is 408 g/mol. The molecule has 1 heterocycles. The van der Waals surface area contributed by atoms with Crippen molar-refractivity contribution in [1.29, 1.82) is 0 Å². The van der Waals surface area contributed by atoms with Crippen molar-refractivity contribution in [3.8, 4) is 0 Å². The first-order valence-corrected chi connectivity index (χ1v) is 8.81. The van der Waals surface area contributed by atoms with Crippen LogP contribution < -0.4 is 0 Å². The number of allylic oxidation sites excluding steroid dienone is 4. The van der Waals surface area contributed by atoms with E-state index in [0.717, 1.165) is 25.3 Å². The fraction of sp³-hybridized carbons (Fsp3) is 0.389. The average Bonchev–Trinajstić information content (AvgIpc) is 3.15. The number of methoxy groups -OCH3 is 1. The van der Waals surface area contributed by atoms with Gasteiger partial charge in [-0.05, 0) is 41.0 Å². The third-order valence-corrected chi connectivity index (χ3v) is 5.19. The lowest BCUT2D eigenvalue weighted by atomic mass is 9.98. The number of ether oxygens (including phenoxy) is 1. The fourth-order valence-electron chi connectivity index (χ4n) is 3.04. The van der Waals surface area contributed by atoms with Gasteiger partial charge in [0.05, 0.1) is 24.3 Å². The van der Waals surface area contributed by atoms with Gasteiger partial charge in [0.1, 0.15) is 0 Å². The van der Waals surface area contributed by atoms with Gasteiger partial charge >= 0.3 is 0 Å². The largest absolute Gasteiger partial charge is 0.382 e. The molecule has 3 nitrogen and oxygen atoms in total. The van der Waals surface area contributed by atoms with Crippen LogP contribution in [-0.4, -0.2) is 37.0 Å². The summed E-state index contributed by atoms with van der Waals surface area (Å²) >= 11 is 2.42. The SMILES string of the molecule is COC[C@@H]1CCCN1/N=C(\c1ccccc1)C1C=CC=C1I. The van der Waals surface area contributed by atoms with Gasteiger partial charge in [-0.1, -0.05) is 48.6 Å².